The highest BCUT2D eigenvalue weighted by Crippen LogP contribution is 2.23. The first-order valence-corrected chi connectivity index (χ1v) is 8.39. The van der Waals surface area contributed by atoms with Crippen molar-refractivity contribution >= 4 is 18.0 Å². The van der Waals surface area contributed by atoms with Crippen LogP contribution in [0.4, 0.5) is 4.79 Å². The zero-order valence-electron chi connectivity index (χ0n) is 15.0. The maximum absolute atomic E-state index is 12.4. The summed E-state index contributed by atoms with van der Waals surface area (Å²) in [6, 6.07) is 5.62. The molecule has 0 atom stereocenters. The molecule has 1 fully saturated rings. The van der Waals surface area contributed by atoms with E-state index in [0.29, 0.717) is 12.2 Å². The highest BCUT2D eigenvalue weighted by Gasteiger charge is 2.32. The summed E-state index contributed by atoms with van der Waals surface area (Å²) in [6.07, 6.45) is 4.30. The molecular formula is C19H22N4O2. The molecule has 3 amide bonds. The second-order valence-electron chi connectivity index (χ2n) is 6.30. The van der Waals surface area contributed by atoms with Crippen LogP contribution in [-0.2, 0) is 4.79 Å². The van der Waals surface area contributed by atoms with Gasteiger partial charge in [-0.2, -0.15) is 0 Å². The first-order chi connectivity index (χ1) is 11.9. The fraction of sp³-hybridized carbons (Fsp3) is 0.316. The zero-order chi connectivity index (χ0) is 18.1. The van der Waals surface area contributed by atoms with Gasteiger partial charge in [-0.05, 0) is 56.5 Å². The Morgan fingerprint density at radius 3 is 2.60 bits per heavy atom. The molecule has 1 aliphatic rings. The van der Waals surface area contributed by atoms with Crippen molar-refractivity contribution in [3.05, 3.63) is 52.6 Å². The first kappa shape index (κ1) is 17.0. The molecule has 0 spiro atoms. The van der Waals surface area contributed by atoms with E-state index in [2.05, 4.69) is 10.3 Å². The highest BCUT2D eigenvalue weighted by atomic mass is 16.2. The molecule has 6 nitrogen and oxygen atoms in total. The van der Waals surface area contributed by atoms with Gasteiger partial charge in [-0.1, -0.05) is 13.0 Å². The van der Waals surface area contributed by atoms with Gasteiger partial charge < -0.3 is 9.88 Å². The summed E-state index contributed by atoms with van der Waals surface area (Å²) in [5.41, 5.74) is 4.29. The third-order valence-corrected chi connectivity index (χ3v) is 4.30. The molecule has 0 saturated carbocycles. The van der Waals surface area contributed by atoms with Crippen LogP contribution in [0, 0.1) is 20.8 Å². The van der Waals surface area contributed by atoms with Crippen LogP contribution >= 0.6 is 0 Å². The van der Waals surface area contributed by atoms with Crippen LogP contribution in [-0.4, -0.2) is 32.9 Å². The zero-order valence-corrected chi connectivity index (χ0v) is 15.0. The number of amides is 3. The molecule has 0 bridgehead atoms. The van der Waals surface area contributed by atoms with Gasteiger partial charge >= 0.3 is 6.03 Å². The lowest BCUT2D eigenvalue weighted by Gasteiger charge is -2.09. The molecule has 1 saturated heterocycles. The van der Waals surface area contributed by atoms with E-state index in [0.717, 1.165) is 34.8 Å². The summed E-state index contributed by atoms with van der Waals surface area (Å²) < 4.78 is 2.04. The predicted octanol–water partition coefficient (Wildman–Crippen LogP) is 3.10. The fourth-order valence-corrected chi connectivity index (χ4v) is 3.03. The van der Waals surface area contributed by atoms with Crippen molar-refractivity contribution in [2.24, 2.45) is 0 Å². The molecule has 0 radical (unpaired) electrons. The Labute approximate surface area is 147 Å². The normalized spacial score (nSPS) is 16.0. The molecule has 1 aliphatic heterocycles. The maximum Gasteiger partial charge on any atom is 0.329 e. The summed E-state index contributed by atoms with van der Waals surface area (Å²) >= 11 is 0. The number of rotatable bonds is 4. The van der Waals surface area contributed by atoms with Gasteiger partial charge in [-0.25, -0.2) is 9.78 Å². The predicted molar refractivity (Wildman–Crippen MR) is 96.3 cm³/mol. The van der Waals surface area contributed by atoms with Crippen molar-refractivity contribution in [3.8, 4) is 5.82 Å². The minimum atomic E-state index is -0.355. The molecule has 0 aliphatic carbocycles. The van der Waals surface area contributed by atoms with E-state index in [1.54, 1.807) is 6.08 Å². The maximum atomic E-state index is 12.4. The molecule has 3 heterocycles. The number of hydrogen-bond acceptors (Lipinski definition) is 3. The minimum Gasteiger partial charge on any atom is -0.303 e. The lowest BCUT2D eigenvalue weighted by molar-refractivity contribution is -0.122. The van der Waals surface area contributed by atoms with Crippen molar-refractivity contribution in [2.75, 3.05) is 6.54 Å². The van der Waals surface area contributed by atoms with Gasteiger partial charge in [0.15, 0.2) is 0 Å². The Morgan fingerprint density at radius 2 is 1.96 bits per heavy atom. The van der Waals surface area contributed by atoms with Gasteiger partial charge in [0.1, 0.15) is 11.5 Å². The summed E-state index contributed by atoms with van der Waals surface area (Å²) in [4.78, 5) is 30.0. The van der Waals surface area contributed by atoms with E-state index in [-0.39, 0.29) is 11.9 Å². The van der Waals surface area contributed by atoms with Crippen molar-refractivity contribution in [3.63, 3.8) is 0 Å². The molecule has 0 unspecified atom stereocenters. The number of hydrogen-bond donors (Lipinski definition) is 1. The number of carbonyl (C=O) groups excluding carboxylic acids is 2. The summed E-state index contributed by atoms with van der Waals surface area (Å²) in [6.45, 7) is 8.33. The number of pyridine rings is 1. The number of urea groups is 1. The quantitative estimate of drug-likeness (QED) is 0.688. The van der Waals surface area contributed by atoms with Gasteiger partial charge in [-0.15, -0.1) is 0 Å². The van der Waals surface area contributed by atoms with E-state index < -0.39 is 0 Å². The Morgan fingerprint density at radius 1 is 1.20 bits per heavy atom. The highest BCUT2D eigenvalue weighted by molar-refractivity contribution is 6.14. The van der Waals surface area contributed by atoms with Crippen molar-refractivity contribution in [1.82, 2.24) is 19.8 Å². The second kappa shape index (κ2) is 6.55. The first-order valence-electron chi connectivity index (χ1n) is 8.39. The standard InChI is InChI=1S/C19H22N4O2/c1-5-8-22-18(24)16(21-19(22)25)10-15-9-13(3)23(14(15)4)17-7-6-12(2)11-20-17/h6-7,9-11H,5,8H2,1-4H3,(H,21,25)/b16-10+. The third kappa shape index (κ3) is 3.07. The molecule has 25 heavy (non-hydrogen) atoms. The van der Waals surface area contributed by atoms with E-state index >= 15 is 0 Å². The summed E-state index contributed by atoms with van der Waals surface area (Å²) in [5, 5.41) is 2.66. The Balaban J connectivity index is 1.97. The van der Waals surface area contributed by atoms with E-state index in [9.17, 15) is 9.59 Å². The van der Waals surface area contributed by atoms with Crippen LogP contribution in [0.3, 0.4) is 0 Å². The molecular weight excluding hydrogens is 316 g/mol. The largest absolute Gasteiger partial charge is 0.329 e. The van der Waals surface area contributed by atoms with Crippen molar-refractivity contribution in [1.29, 1.82) is 0 Å². The van der Waals surface area contributed by atoms with Crippen LogP contribution in [0.1, 0.15) is 35.9 Å². The van der Waals surface area contributed by atoms with E-state index in [1.807, 2.05) is 56.7 Å². The molecule has 0 aromatic carbocycles. The summed E-state index contributed by atoms with van der Waals surface area (Å²) in [7, 11) is 0. The Bertz CT molecular complexity index is 862. The Kier molecular flexibility index (Phi) is 4.44. The molecule has 2 aromatic rings. The van der Waals surface area contributed by atoms with Gasteiger partial charge in [-0.3, -0.25) is 9.69 Å². The molecule has 2 aromatic heterocycles. The molecule has 6 heteroatoms. The van der Waals surface area contributed by atoms with E-state index in [4.69, 9.17) is 0 Å². The summed E-state index contributed by atoms with van der Waals surface area (Å²) in [5.74, 6) is 0.560. The lowest BCUT2D eigenvalue weighted by Crippen LogP contribution is -2.31. The number of imide groups is 1. The smallest absolute Gasteiger partial charge is 0.303 e. The second-order valence-corrected chi connectivity index (χ2v) is 6.30. The van der Waals surface area contributed by atoms with E-state index in [1.165, 1.54) is 4.90 Å². The molecule has 1 N–H and O–H groups in total. The van der Waals surface area contributed by atoms with Crippen molar-refractivity contribution < 1.29 is 9.59 Å². The van der Waals surface area contributed by atoms with Crippen LogP contribution in [0.5, 0.6) is 0 Å². The average molecular weight is 338 g/mol. The SMILES string of the molecule is CCCN1C(=O)N/C(=C/c2cc(C)n(-c3ccc(C)cn3)c2C)C1=O. The molecule has 3 rings (SSSR count). The van der Waals surface area contributed by atoms with Gasteiger partial charge in [0.2, 0.25) is 0 Å². The topological polar surface area (TPSA) is 67.2 Å². The average Bonchev–Trinajstić information content (AvgIpc) is 3.00. The van der Waals surface area contributed by atoms with Gasteiger partial charge in [0.05, 0.1) is 0 Å². The van der Waals surface area contributed by atoms with Gasteiger partial charge in [0.25, 0.3) is 5.91 Å². The lowest BCUT2D eigenvalue weighted by atomic mass is 10.2. The monoisotopic (exact) mass is 338 g/mol. The minimum absolute atomic E-state index is 0.273. The van der Waals surface area contributed by atoms with Crippen LogP contribution < -0.4 is 5.32 Å². The van der Waals surface area contributed by atoms with Crippen LogP contribution in [0.2, 0.25) is 0 Å². The molecule has 130 valence electrons. The van der Waals surface area contributed by atoms with Gasteiger partial charge in [0, 0.05) is 24.1 Å². The number of aromatic nitrogens is 2. The number of nitrogens with one attached hydrogen (secondary N) is 1. The fourth-order valence-electron chi connectivity index (χ4n) is 3.03. The Hall–Kier alpha value is -2.89. The number of nitrogens with zero attached hydrogens (tertiary/aromatic N) is 3. The van der Waals surface area contributed by atoms with Crippen LogP contribution in [0.25, 0.3) is 11.9 Å². The number of aryl methyl sites for hydroxylation is 2. The van der Waals surface area contributed by atoms with Crippen molar-refractivity contribution in [2.45, 2.75) is 34.1 Å². The number of carbonyl (C=O) groups is 2. The third-order valence-electron chi connectivity index (χ3n) is 4.30. The van der Waals surface area contributed by atoms with Crippen LogP contribution in [0.15, 0.2) is 30.1 Å².